The Morgan fingerprint density at radius 2 is 2.00 bits per heavy atom. The SMILES string of the molecule is CCc1ccc(C(NC)C2(CC)CCCC2)o1. The molecule has 0 aliphatic heterocycles. The number of furan rings is 1. The molecule has 96 valence electrons. The highest BCUT2D eigenvalue weighted by Gasteiger charge is 2.41. The average Bonchev–Trinajstić information content (AvgIpc) is 3.00. The van der Waals surface area contributed by atoms with Gasteiger partial charge < -0.3 is 9.73 Å². The third-order valence-electron chi connectivity index (χ3n) is 4.52. The summed E-state index contributed by atoms with van der Waals surface area (Å²) in [4.78, 5) is 0. The van der Waals surface area contributed by atoms with E-state index in [1.165, 1.54) is 32.1 Å². The summed E-state index contributed by atoms with van der Waals surface area (Å²) in [5, 5.41) is 3.50. The smallest absolute Gasteiger partial charge is 0.121 e. The van der Waals surface area contributed by atoms with Gasteiger partial charge in [0, 0.05) is 6.42 Å². The zero-order chi connectivity index (χ0) is 12.3. The van der Waals surface area contributed by atoms with Gasteiger partial charge in [-0.2, -0.15) is 0 Å². The monoisotopic (exact) mass is 235 g/mol. The Hall–Kier alpha value is -0.760. The second kappa shape index (κ2) is 5.26. The van der Waals surface area contributed by atoms with Crippen LogP contribution in [0.15, 0.2) is 16.5 Å². The van der Waals surface area contributed by atoms with Gasteiger partial charge in [0.25, 0.3) is 0 Å². The first kappa shape index (κ1) is 12.7. The van der Waals surface area contributed by atoms with E-state index >= 15 is 0 Å². The van der Waals surface area contributed by atoms with E-state index in [9.17, 15) is 0 Å². The van der Waals surface area contributed by atoms with Crippen LogP contribution in [-0.2, 0) is 6.42 Å². The molecule has 0 aromatic carbocycles. The van der Waals surface area contributed by atoms with Gasteiger partial charge in [-0.05, 0) is 43.9 Å². The van der Waals surface area contributed by atoms with Gasteiger partial charge in [0.05, 0.1) is 6.04 Å². The standard InChI is InChI=1S/C15H25NO/c1-4-12-8-9-13(17-12)14(16-3)15(5-2)10-6-7-11-15/h8-9,14,16H,4-7,10-11H2,1-3H3. The van der Waals surface area contributed by atoms with Crippen molar-refractivity contribution in [3.05, 3.63) is 23.7 Å². The van der Waals surface area contributed by atoms with Crippen LogP contribution in [-0.4, -0.2) is 7.05 Å². The van der Waals surface area contributed by atoms with E-state index in [1.807, 2.05) is 0 Å². The fraction of sp³-hybridized carbons (Fsp3) is 0.733. The lowest BCUT2D eigenvalue weighted by atomic mass is 9.75. The van der Waals surface area contributed by atoms with Gasteiger partial charge >= 0.3 is 0 Å². The van der Waals surface area contributed by atoms with E-state index in [1.54, 1.807) is 0 Å². The van der Waals surface area contributed by atoms with Crippen LogP contribution in [0.1, 0.15) is 63.5 Å². The molecule has 2 nitrogen and oxygen atoms in total. The maximum Gasteiger partial charge on any atom is 0.121 e. The molecule has 1 aliphatic carbocycles. The Morgan fingerprint density at radius 1 is 1.29 bits per heavy atom. The van der Waals surface area contributed by atoms with Crippen molar-refractivity contribution in [1.29, 1.82) is 0 Å². The van der Waals surface area contributed by atoms with Crippen LogP contribution in [0.2, 0.25) is 0 Å². The molecule has 1 aliphatic rings. The largest absolute Gasteiger partial charge is 0.464 e. The molecule has 0 saturated heterocycles. The van der Waals surface area contributed by atoms with Gasteiger partial charge in [-0.15, -0.1) is 0 Å². The summed E-state index contributed by atoms with van der Waals surface area (Å²) in [7, 11) is 2.06. The number of hydrogen-bond acceptors (Lipinski definition) is 2. The van der Waals surface area contributed by atoms with Crippen molar-refractivity contribution in [2.24, 2.45) is 5.41 Å². The first-order chi connectivity index (χ1) is 8.25. The predicted octanol–water partition coefficient (Wildman–Crippen LogP) is 4.07. The minimum atomic E-state index is 0.385. The van der Waals surface area contributed by atoms with E-state index in [2.05, 4.69) is 38.3 Å². The number of aryl methyl sites for hydroxylation is 1. The summed E-state index contributed by atoms with van der Waals surface area (Å²) < 4.78 is 5.96. The van der Waals surface area contributed by atoms with E-state index < -0.39 is 0 Å². The number of hydrogen-bond donors (Lipinski definition) is 1. The fourth-order valence-corrected chi connectivity index (χ4v) is 3.42. The quantitative estimate of drug-likeness (QED) is 0.832. The molecule has 1 unspecified atom stereocenters. The second-order valence-corrected chi connectivity index (χ2v) is 5.30. The molecule has 1 fully saturated rings. The van der Waals surface area contributed by atoms with Crippen molar-refractivity contribution < 1.29 is 4.42 Å². The first-order valence-electron chi connectivity index (χ1n) is 7.01. The second-order valence-electron chi connectivity index (χ2n) is 5.30. The maximum absolute atomic E-state index is 5.96. The molecule has 17 heavy (non-hydrogen) atoms. The molecule has 0 spiro atoms. The van der Waals surface area contributed by atoms with Crippen molar-refractivity contribution in [2.45, 2.75) is 58.4 Å². The van der Waals surface area contributed by atoms with E-state index in [-0.39, 0.29) is 0 Å². The van der Waals surface area contributed by atoms with Crippen LogP contribution < -0.4 is 5.32 Å². The van der Waals surface area contributed by atoms with Crippen molar-refractivity contribution in [3.8, 4) is 0 Å². The van der Waals surface area contributed by atoms with Crippen LogP contribution in [0, 0.1) is 5.41 Å². The van der Waals surface area contributed by atoms with Crippen molar-refractivity contribution in [2.75, 3.05) is 7.05 Å². The minimum Gasteiger partial charge on any atom is -0.464 e. The molecular formula is C15H25NO. The lowest BCUT2D eigenvalue weighted by Crippen LogP contribution is -2.33. The summed E-state index contributed by atoms with van der Waals surface area (Å²) in [6.07, 6.45) is 7.62. The molecule has 1 atom stereocenters. The Labute approximate surface area is 105 Å². The van der Waals surface area contributed by atoms with Gasteiger partial charge in [-0.1, -0.05) is 26.7 Å². The zero-order valence-electron chi connectivity index (χ0n) is 11.4. The van der Waals surface area contributed by atoms with E-state index in [0.717, 1.165) is 17.9 Å². The average molecular weight is 235 g/mol. The fourth-order valence-electron chi connectivity index (χ4n) is 3.42. The van der Waals surface area contributed by atoms with Crippen molar-refractivity contribution >= 4 is 0 Å². The highest BCUT2D eigenvalue weighted by molar-refractivity contribution is 5.14. The molecule has 1 aromatic rings. The maximum atomic E-state index is 5.96. The van der Waals surface area contributed by atoms with E-state index in [0.29, 0.717) is 11.5 Å². The van der Waals surface area contributed by atoms with Crippen molar-refractivity contribution in [3.63, 3.8) is 0 Å². The third kappa shape index (κ3) is 2.28. The van der Waals surface area contributed by atoms with Gasteiger partial charge in [-0.3, -0.25) is 0 Å². The highest BCUT2D eigenvalue weighted by Crippen LogP contribution is 2.50. The van der Waals surface area contributed by atoms with Crippen LogP contribution in [0.25, 0.3) is 0 Å². The zero-order valence-corrected chi connectivity index (χ0v) is 11.4. The molecule has 1 saturated carbocycles. The summed E-state index contributed by atoms with van der Waals surface area (Å²) >= 11 is 0. The van der Waals surface area contributed by atoms with Gasteiger partial charge in [0.15, 0.2) is 0 Å². The summed E-state index contributed by atoms with van der Waals surface area (Å²) in [6, 6.07) is 4.67. The molecule has 0 radical (unpaired) electrons. The van der Waals surface area contributed by atoms with Gasteiger partial charge in [-0.25, -0.2) is 0 Å². The Bertz CT molecular complexity index is 350. The van der Waals surface area contributed by atoms with E-state index in [4.69, 9.17) is 4.42 Å². The third-order valence-corrected chi connectivity index (χ3v) is 4.52. The van der Waals surface area contributed by atoms with Crippen molar-refractivity contribution in [1.82, 2.24) is 5.32 Å². The molecular weight excluding hydrogens is 210 g/mol. The lowest BCUT2D eigenvalue weighted by Gasteiger charge is -2.35. The predicted molar refractivity (Wildman–Crippen MR) is 71.1 cm³/mol. The molecule has 1 N–H and O–H groups in total. The normalized spacial score (nSPS) is 20.6. The molecule has 0 amide bonds. The Morgan fingerprint density at radius 3 is 2.47 bits per heavy atom. The number of nitrogens with one attached hydrogen (secondary N) is 1. The molecule has 0 bridgehead atoms. The first-order valence-corrected chi connectivity index (χ1v) is 7.01. The Kier molecular flexibility index (Phi) is 3.93. The summed E-state index contributed by atoms with van der Waals surface area (Å²) in [6.45, 7) is 4.46. The number of rotatable bonds is 5. The minimum absolute atomic E-state index is 0.385. The van der Waals surface area contributed by atoms with Gasteiger partial charge in [0.2, 0.25) is 0 Å². The van der Waals surface area contributed by atoms with Crippen LogP contribution in [0.5, 0.6) is 0 Å². The van der Waals surface area contributed by atoms with Crippen LogP contribution >= 0.6 is 0 Å². The Balaban J connectivity index is 2.25. The summed E-state index contributed by atoms with van der Waals surface area (Å²) in [5.41, 5.74) is 0.414. The highest BCUT2D eigenvalue weighted by atomic mass is 16.3. The lowest BCUT2D eigenvalue weighted by molar-refractivity contribution is 0.171. The van der Waals surface area contributed by atoms with Crippen LogP contribution in [0.3, 0.4) is 0 Å². The molecule has 2 rings (SSSR count). The molecule has 1 heterocycles. The topological polar surface area (TPSA) is 25.2 Å². The molecule has 1 aromatic heterocycles. The summed E-state index contributed by atoms with van der Waals surface area (Å²) in [5.74, 6) is 2.23. The van der Waals surface area contributed by atoms with Gasteiger partial charge in [0.1, 0.15) is 11.5 Å². The molecule has 2 heteroatoms. The van der Waals surface area contributed by atoms with Crippen LogP contribution in [0.4, 0.5) is 0 Å².